The number of aromatic nitrogens is 5. The summed E-state index contributed by atoms with van der Waals surface area (Å²) >= 11 is 1.53. The summed E-state index contributed by atoms with van der Waals surface area (Å²) in [5.41, 5.74) is 0.504. The van der Waals surface area contributed by atoms with Crippen LogP contribution in [0, 0.1) is 0 Å². The highest BCUT2D eigenvalue weighted by Crippen LogP contribution is 2.28. The lowest BCUT2D eigenvalue weighted by Crippen LogP contribution is -2.34. The van der Waals surface area contributed by atoms with Crippen molar-refractivity contribution in [1.82, 2.24) is 29.0 Å². The van der Waals surface area contributed by atoms with E-state index in [9.17, 15) is 4.79 Å². The Labute approximate surface area is 148 Å². The molecule has 9 heteroatoms. The van der Waals surface area contributed by atoms with Crippen molar-refractivity contribution in [3.05, 3.63) is 35.1 Å². The van der Waals surface area contributed by atoms with Gasteiger partial charge in [0.15, 0.2) is 10.8 Å². The molecule has 130 valence electrons. The number of nitrogens with zero attached hydrogens (tertiary/aromatic N) is 6. The molecule has 5 rings (SSSR count). The quantitative estimate of drug-likeness (QED) is 0.694. The van der Waals surface area contributed by atoms with Gasteiger partial charge in [-0.15, -0.1) is 21.5 Å². The van der Waals surface area contributed by atoms with E-state index in [1.165, 1.54) is 11.3 Å². The fraction of sp³-hybridized carbons (Fsp3) is 0.500. The molecule has 1 atom stereocenters. The first-order chi connectivity index (χ1) is 12.3. The number of amides is 1. The normalized spacial score (nSPS) is 20.8. The molecule has 1 fully saturated rings. The third-order valence-electron chi connectivity index (χ3n) is 4.87. The van der Waals surface area contributed by atoms with E-state index >= 15 is 0 Å². The van der Waals surface area contributed by atoms with Crippen LogP contribution < -0.4 is 0 Å². The van der Waals surface area contributed by atoms with Crippen molar-refractivity contribution in [2.75, 3.05) is 19.7 Å². The van der Waals surface area contributed by atoms with Crippen LogP contribution in [0.1, 0.15) is 41.1 Å². The summed E-state index contributed by atoms with van der Waals surface area (Å²) in [6.45, 7) is 2.75. The molecule has 3 aromatic rings. The third kappa shape index (κ3) is 2.54. The van der Waals surface area contributed by atoms with Crippen LogP contribution in [0.2, 0.25) is 0 Å². The number of fused-ring (bicyclic) bond motifs is 2. The molecule has 25 heavy (non-hydrogen) atoms. The monoisotopic (exact) mass is 358 g/mol. The predicted octanol–water partition coefficient (Wildman–Crippen LogP) is 1.54. The summed E-state index contributed by atoms with van der Waals surface area (Å²) in [5, 5.41) is 10.6. The first-order valence-corrected chi connectivity index (χ1v) is 9.42. The van der Waals surface area contributed by atoms with Gasteiger partial charge in [-0.1, -0.05) is 0 Å². The highest BCUT2D eigenvalue weighted by molar-refractivity contribution is 7.15. The lowest BCUT2D eigenvalue weighted by atomic mass is 10.2. The van der Waals surface area contributed by atoms with Crippen LogP contribution in [0.5, 0.6) is 0 Å². The van der Waals surface area contributed by atoms with E-state index in [1.807, 2.05) is 20.9 Å². The molecule has 0 spiro atoms. The lowest BCUT2D eigenvalue weighted by Gasteiger charge is -2.19. The number of carbonyl (C=O) groups excluding carboxylic acids is 1. The van der Waals surface area contributed by atoms with E-state index in [0.717, 1.165) is 36.1 Å². The van der Waals surface area contributed by atoms with E-state index < -0.39 is 0 Å². The highest BCUT2D eigenvalue weighted by Gasteiger charge is 2.28. The van der Waals surface area contributed by atoms with Gasteiger partial charge in [0.25, 0.3) is 5.91 Å². The van der Waals surface area contributed by atoms with E-state index in [4.69, 9.17) is 4.74 Å². The van der Waals surface area contributed by atoms with Crippen molar-refractivity contribution in [3.63, 3.8) is 0 Å². The standard InChI is InChI=1S/C16H18N6O2S/c23-15(11-10-21-7-9-25-16(21)17-11)20-4-3-13-18-19-14(22(13)6-5-20)12-2-1-8-24-12/h7,9-10,12H,1-6,8H2. The summed E-state index contributed by atoms with van der Waals surface area (Å²) in [5.74, 6) is 1.82. The van der Waals surface area contributed by atoms with Gasteiger partial charge < -0.3 is 14.2 Å². The largest absolute Gasteiger partial charge is 0.370 e. The topological polar surface area (TPSA) is 77.6 Å². The Morgan fingerprint density at radius 2 is 2.24 bits per heavy atom. The molecule has 1 unspecified atom stereocenters. The number of thiazole rings is 1. The van der Waals surface area contributed by atoms with Crippen LogP contribution >= 0.6 is 11.3 Å². The van der Waals surface area contributed by atoms with Crippen molar-refractivity contribution in [2.24, 2.45) is 0 Å². The van der Waals surface area contributed by atoms with E-state index in [0.29, 0.717) is 31.7 Å². The molecule has 0 N–H and O–H groups in total. The molecule has 1 amide bonds. The summed E-state index contributed by atoms with van der Waals surface area (Å²) in [6, 6.07) is 0. The summed E-state index contributed by atoms with van der Waals surface area (Å²) in [6.07, 6.45) is 6.52. The molecule has 2 aliphatic heterocycles. The second-order valence-corrected chi connectivity index (χ2v) is 7.26. The summed E-state index contributed by atoms with van der Waals surface area (Å²) in [4.78, 5) is 20.0. The second kappa shape index (κ2) is 5.92. The number of ether oxygens (including phenoxy) is 1. The van der Waals surface area contributed by atoms with Gasteiger partial charge in [0.2, 0.25) is 0 Å². The Balaban J connectivity index is 1.36. The van der Waals surface area contributed by atoms with E-state index in [2.05, 4.69) is 19.7 Å². The van der Waals surface area contributed by atoms with Crippen LogP contribution in [-0.2, 0) is 17.7 Å². The van der Waals surface area contributed by atoms with Gasteiger partial charge >= 0.3 is 0 Å². The summed E-state index contributed by atoms with van der Waals surface area (Å²) in [7, 11) is 0. The fourth-order valence-corrected chi connectivity index (χ4v) is 4.26. The van der Waals surface area contributed by atoms with Crippen molar-refractivity contribution >= 4 is 22.2 Å². The van der Waals surface area contributed by atoms with Gasteiger partial charge in [0.1, 0.15) is 17.6 Å². The Bertz CT molecular complexity index is 894. The van der Waals surface area contributed by atoms with Gasteiger partial charge in [-0.2, -0.15) is 0 Å². The number of rotatable bonds is 2. The minimum atomic E-state index is -0.0201. The second-order valence-electron chi connectivity index (χ2n) is 6.39. The maximum absolute atomic E-state index is 12.8. The van der Waals surface area contributed by atoms with Gasteiger partial charge in [-0.05, 0) is 12.8 Å². The molecular formula is C16H18N6O2S. The zero-order chi connectivity index (χ0) is 16.8. The van der Waals surface area contributed by atoms with Gasteiger partial charge in [0, 0.05) is 50.4 Å². The van der Waals surface area contributed by atoms with Crippen molar-refractivity contribution in [1.29, 1.82) is 0 Å². The molecule has 0 aromatic carbocycles. The molecule has 3 aromatic heterocycles. The average molecular weight is 358 g/mol. The Hall–Kier alpha value is -2.26. The number of carbonyl (C=O) groups is 1. The van der Waals surface area contributed by atoms with Crippen LogP contribution in [0.25, 0.3) is 4.96 Å². The van der Waals surface area contributed by atoms with Crippen LogP contribution in [0.15, 0.2) is 17.8 Å². The van der Waals surface area contributed by atoms with Crippen molar-refractivity contribution in [2.45, 2.75) is 31.9 Å². The van der Waals surface area contributed by atoms with Crippen LogP contribution in [0.3, 0.4) is 0 Å². The Kier molecular flexibility index (Phi) is 3.56. The summed E-state index contributed by atoms with van der Waals surface area (Å²) < 4.78 is 9.78. The molecular weight excluding hydrogens is 340 g/mol. The van der Waals surface area contributed by atoms with Gasteiger partial charge in [-0.25, -0.2) is 4.98 Å². The van der Waals surface area contributed by atoms with E-state index in [1.54, 1.807) is 6.20 Å². The highest BCUT2D eigenvalue weighted by atomic mass is 32.1. The van der Waals surface area contributed by atoms with Crippen molar-refractivity contribution in [3.8, 4) is 0 Å². The third-order valence-corrected chi connectivity index (χ3v) is 5.64. The molecule has 0 radical (unpaired) electrons. The smallest absolute Gasteiger partial charge is 0.274 e. The number of hydrogen-bond donors (Lipinski definition) is 0. The minimum absolute atomic E-state index is 0.0201. The zero-order valence-corrected chi connectivity index (χ0v) is 14.5. The number of hydrogen-bond acceptors (Lipinski definition) is 6. The number of imidazole rings is 1. The maximum Gasteiger partial charge on any atom is 0.274 e. The molecule has 0 aliphatic carbocycles. The lowest BCUT2D eigenvalue weighted by molar-refractivity contribution is 0.0750. The fourth-order valence-electron chi connectivity index (χ4n) is 3.56. The zero-order valence-electron chi connectivity index (χ0n) is 13.7. The van der Waals surface area contributed by atoms with E-state index in [-0.39, 0.29) is 12.0 Å². The molecule has 0 bridgehead atoms. The predicted molar refractivity (Wildman–Crippen MR) is 90.6 cm³/mol. The average Bonchev–Trinajstić information content (AvgIpc) is 3.36. The van der Waals surface area contributed by atoms with Crippen molar-refractivity contribution < 1.29 is 9.53 Å². The van der Waals surface area contributed by atoms with Gasteiger partial charge in [-0.3, -0.25) is 9.20 Å². The molecule has 8 nitrogen and oxygen atoms in total. The Morgan fingerprint density at radius 1 is 1.28 bits per heavy atom. The first-order valence-electron chi connectivity index (χ1n) is 8.54. The molecule has 1 saturated heterocycles. The van der Waals surface area contributed by atoms with Crippen LogP contribution in [-0.4, -0.2) is 54.7 Å². The Morgan fingerprint density at radius 3 is 3.08 bits per heavy atom. The van der Waals surface area contributed by atoms with Crippen LogP contribution in [0.4, 0.5) is 0 Å². The first kappa shape index (κ1) is 15.0. The minimum Gasteiger partial charge on any atom is -0.370 e. The van der Waals surface area contributed by atoms with Gasteiger partial charge in [0.05, 0.1) is 0 Å². The molecule has 5 heterocycles. The molecule has 2 aliphatic rings. The maximum atomic E-state index is 12.8. The SMILES string of the molecule is O=C(c1cn2ccsc2n1)N1CCc2nnc(C3CCCO3)n2CC1. The molecule has 0 saturated carbocycles.